The topological polar surface area (TPSA) is 59.0 Å². The molecule has 1 fully saturated rings. The summed E-state index contributed by atoms with van der Waals surface area (Å²) in [5, 5.41) is 6.17. The van der Waals surface area contributed by atoms with E-state index < -0.39 is 0 Å². The van der Waals surface area contributed by atoms with E-state index in [1.807, 2.05) is 10.8 Å². The summed E-state index contributed by atoms with van der Waals surface area (Å²) in [5.74, 6) is 0.125. The first-order valence-corrected chi connectivity index (χ1v) is 5.83. The highest BCUT2D eigenvalue weighted by Gasteiger charge is 2.19. The monoisotopic (exact) mass is 222 g/mol. The van der Waals surface area contributed by atoms with Crippen LogP contribution in [0.4, 0.5) is 0 Å². The van der Waals surface area contributed by atoms with Crippen molar-refractivity contribution < 1.29 is 4.79 Å². The Morgan fingerprint density at radius 3 is 3.19 bits per heavy atom. The van der Waals surface area contributed by atoms with Crippen molar-refractivity contribution >= 4 is 5.91 Å². The number of hydrogen-bond acceptors (Lipinski definition) is 3. The minimum atomic E-state index is 0.0107. The molecule has 1 aromatic rings. The van der Waals surface area contributed by atoms with Crippen LogP contribution in [0, 0.1) is 0 Å². The molecule has 1 amide bonds. The van der Waals surface area contributed by atoms with Crippen LogP contribution in [0.25, 0.3) is 0 Å². The Kier molecular flexibility index (Phi) is 3.93. The summed E-state index contributed by atoms with van der Waals surface area (Å²) in [5.41, 5.74) is 0. The van der Waals surface area contributed by atoms with Gasteiger partial charge in [-0.15, -0.1) is 0 Å². The third-order valence-corrected chi connectivity index (χ3v) is 2.86. The molecule has 0 unspecified atom stereocenters. The molecule has 0 bridgehead atoms. The number of nitrogens with zero attached hydrogens (tertiary/aromatic N) is 2. The van der Waals surface area contributed by atoms with Gasteiger partial charge in [-0.05, 0) is 19.4 Å². The molecule has 1 saturated heterocycles. The number of aromatic nitrogens is 2. The van der Waals surface area contributed by atoms with Crippen LogP contribution in [0.15, 0.2) is 18.7 Å². The fourth-order valence-electron chi connectivity index (χ4n) is 1.93. The molecular formula is C11H18N4O. The number of piperidine rings is 1. The Balaban J connectivity index is 1.67. The quantitative estimate of drug-likeness (QED) is 0.762. The molecule has 0 saturated carbocycles. The SMILES string of the molecule is O=C(NCCn1ccnc1)[C@H]1CCCCN1. The number of carbonyl (C=O) groups excluding carboxylic acids is 1. The maximum atomic E-state index is 11.7. The molecule has 2 heterocycles. The van der Waals surface area contributed by atoms with Crippen LogP contribution in [0.2, 0.25) is 0 Å². The van der Waals surface area contributed by atoms with Crippen molar-refractivity contribution in [1.29, 1.82) is 0 Å². The Morgan fingerprint density at radius 1 is 1.56 bits per heavy atom. The Hall–Kier alpha value is -1.36. The molecule has 88 valence electrons. The lowest BCUT2D eigenvalue weighted by Gasteiger charge is -2.22. The molecule has 1 aromatic heterocycles. The zero-order valence-electron chi connectivity index (χ0n) is 9.35. The summed E-state index contributed by atoms with van der Waals surface area (Å²) in [4.78, 5) is 15.7. The van der Waals surface area contributed by atoms with Gasteiger partial charge in [0, 0.05) is 25.5 Å². The number of rotatable bonds is 4. The standard InChI is InChI=1S/C11H18N4O/c16-11(10-3-1-2-4-13-10)14-6-8-15-7-5-12-9-15/h5,7,9-10,13H,1-4,6,8H2,(H,14,16)/t10-/m1/s1. The molecule has 0 aliphatic carbocycles. The van der Waals surface area contributed by atoms with Crippen molar-refractivity contribution in [2.45, 2.75) is 31.8 Å². The molecule has 1 aliphatic heterocycles. The second-order valence-corrected chi connectivity index (χ2v) is 4.09. The molecule has 0 radical (unpaired) electrons. The second kappa shape index (κ2) is 5.65. The Bertz CT molecular complexity index is 317. The smallest absolute Gasteiger partial charge is 0.237 e. The maximum absolute atomic E-state index is 11.7. The van der Waals surface area contributed by atoms with E-state index in [0.29, 0.717) is 6.54 Å². The van der Waals surface area contributed by atoms with Crippen LogP contribution in [-0.2, 0) is 11.3 Å². The predicted octanol–water partition coefficient (Wildman–Crippen LogP) is 0.141. The molecule has 5 heteroatoms. The van der Waals surface area contributed by atoms with Gasteiger partial charge in [-0.3, -0.25) is 4.79 Å². The lowest BCUT2D eigenvalue weighted by molar-refractivity contribution is -0.123. The Labute approximate surface area is 95.2 Å². The first kappa shape index (κ1) is 11.1. The molecular weight excluding hydrogens is 204 g/mol. The highest BCUT2D eigenvalue weighted by Crippen LogP contribution is 2.06. The van der Waals surface area contributed by atoms with Gasteiger partial charge in [0.1, 0.15) is 0 Å². The summed E-state index contributed by atoms with van der Waals surface area (Å²) in [6.45, 7) is 2.39. The van der Waals surface area contributed by atoms with Crippen molar-refractivity contribution in [1.82, 2.24) is 20.2 Å². The normalized spacial score (nSPS) is 20.6. The molecule has 0 spiro atoms. The maximum Gasteiger partial charge on any atom is 0.237 e. The summed E-state index contributed by atoms with van der Waals surface area (Å²) in [6, 6.07) is 0.0107. The van der Waals surface area contributed by atoms with E-state index in [9.17, 15) is 4.79 Å². The minimum Gasteiger partial charge on any atom is -0.353 e. The highest BCUT2D eigenvalue weighted by atomic mass is 16.2. The molecule has 0 aromatic carbocycles. The zero-order chi connectivity index (χ0) is 11.2. The first-order chi connectivity index (χ1) is 7.86. The van der Waals surface area contributed by atoms with Crippen LogP contribution in [0.1, 0.15) is 19.3 Å². The minimum absolute atomic E-state index is 0.0107. The second-order valence-electron chi connectivity index (χ2n) is 4.09. The Morgan fingerprint density at radius 2 is 2.50 bits per heavy atom. The predicted molar refractivity (Wildman–Crippen MR) is 60.9 cm³/mol. The zero-order valence-corrected chi connectivity index (χ0v) is 9.35. The van der Waals surface area contributed by atoms with E-state index in [0.717, 1.165) is 25.9 Å². The van der Waals surface area contributed by atoms with Gasteiger partial charge in [-0.1, -0.05) is 6.42 Å². The van der Waals surface area contributed by atoms with Crippen molar-refractivity contribution in [2.75, 3.05) is 13.1 Å². The average Bonchev–Trinajstić information content (AvgIpc) is 2.83. The van der Waals surface area contributed by atoms with E-state index in [-0.39, 0.29) is 11.9 Å². The van der Waals surface area contributed by atoms with E-state index in [1.165, 1.54) is 6.42 Å². The lowest BCUT2D eigenvalue weighted by atomic mass is 10.0. The van der Waals surface area contributed by atoms with E-state index >= 15 is 0 Å². The summed E-state index contributed by atoms with van der Waals surface area (Å²) < 4.78 is 1.95. The number of hydrogen-bond donors (Lipinski definition) is 2. The fraction of sp³-hybridized carbons (Fsp3) is 0.636. The fourth-order valence-corrected chi connectivity index (χ4v) is 1.93. The van der Waals surface area contributed by atoms with Gasteiger partial charge in [-0.25, -0.2) is 4.98 Å². The lowest BCUT2D eigenvalue weighted by Crippen LogP contribution is -2.47. The van der Waals surface area contributed by atoms with Crippen LogP contribution in [0.3, 0.4) is 0 Å². The van der Waals surface area contributed by atoms with Gasteiger partial charge in [0.2, 0.25) is 5.91 Å². The van der Waals surface area contributed by atoms with E-state index in [4.69, 9.17) is 0 Å². The van der Waals surface area contributed by atoms with Crippen LogP contribution in [-0.4, -0.2) is 34.6 Å². The highest BCUT2D eigenvalue weighted by molar-refractivity contribution is 5.81. The molecule has 1 aliphatic rings. The molecule has 2 rings (SSSR count). The number of carbonyl (C=O) groups is 1. The number of imidazole rings is 1. The average molecular weight is 222 g/mol. The molecule has 16 heavy (non-hydrogen) atoms. The van der Waals surface area contributed by atoms with Gasteiger partial charge in [0.05, 0.1) is 12.4 Å². The van der Waals surface area contributed by atoms with Crippen molar-refractivity contribution in [3.05, 3.63) is 18.7 Å². The van der Waals surface area contributed by atoms with Gasteiger partial charge >= 0.3 is 0 Å². The largest absolute Gasteiger partial charge is 0.353 e. The van der Waals surface area contributed by atoms with E-state index in [2.05, 4.69) is 15.6 Å². The summed E-state index contributed by atoms with van der Waals surface area (Å²) >= 11 is 0. The summed E-state index contributed by atoms with van der Waals surface area (Å²) in [7, 11) is 0. The number of amides is 1. The number of nitrogens with one attached hydrogen (secondary N) is 2. The van der Waals surface area contributed by atoms with Crippen molar-refractivity contribution in [2.24, 2.45) is 0 Å². The molecule has 2 N–H and O–H groups in total. The van der Waals surface area contributed by atoms with Gasteiger partial charge in [-0.2, -0.15) is 0 Å². The van der Waals surface area contributed by atoms with Crippen LogP contribution in [0.5, 0.6) is 0 Å². The molecule has 5 nitrogen and oxygen atoms in total. The van der Waals surface area contributed by atoms with Gasteiger partial charge in [0.25, 0.3) is 0 Å². The third-order valence-electron chi connectivity index (χ3n) is 2.86. The van der Waals surface area contributed by atoms with Gasteiger partial charge < -0.3 is 15.2 Å². The summed E-state index contributed by atoms with van der Waals surface area (Å²) in [6.07, 6.45) is 8.67. The van der Waals surface area contributed by atoms with Crippen LogP contribution >= 0.6 is 0 Å². The first-order valence-electron chi connectivity index (χ1n) is 5.83. The van der Waals surface area contributed by atoms with Crippen LogP contribution < -0.4 is 10.6 Å². The molecule has 1 atom stereocenters. The third kappa shape index (κ3) is 3.06. The van der Waals surface area contributed by atoms with Crippen molar-refractivity contribution in [3.8, 4) is 0 Å². The van der Waals surface area contributed by atoms with Gasteiger partial charge in [0.15, 0.2) is 0 Å². The van der Waals surface area contributed by atoms with Crippen molar-refractivity contribution in [3.63, 3.8) is 0 Å². The van der Waals surface area contributed by atoms with E-state index in [1.54, 1.807) is 12.5 Å².